The number of nitrogens with one attached hydrogen (secondary N) is 1. The summed E-state index contributed by atoms with van der Waals surface area (Å²) in [5, 5.41) is 2.98. The number of hydrogen-bond acceptors (Lipinski definition) is 2. The predicted molar refractivity (Wildman–Crippen MR) is 39.9 cm³/mol. The van der Waals surface area contributed by atoms with Gasteiger partial charge >= 0.3 is 0 Å². The number of likely N-dealkylation sites (N-methyl/N-ethyl adjacent to an activating group) is 1. The summed E-state index contributed by atoms with van der Waals surface area (Å²) in [4.78, 5) is 0. The summed E-state index contributed by atoms with van der Waals surface area (Å²) in [6.45, 7) is 3.03. The molecular formula is C7H16FNO. The molecular weight excluding hydrogens is 133 g/mol. The monoisotopic (exact) mass is 149 g/mol. The standard InChI is InChI=1S/C7H16FNO/c1-7(6-9-2)10-5-3-4-8/h7,9H,3-6H2,1-2H3. The smallest absolute Gasteiger partial charge is 0.0916 e. The lowest BCUT2D eigenvalue weighted by molar-refractivity contribution is 0.0625. The molecule has 0 rings (SSSR count). The van der Waals surface area contributed by atoms with Crippen LogP contribution in [0.1, 0.15) is 13.3 Å². The third kappa shape index (κ3) is 5.98. The van der Waals surface area contributed by atoms with Crippen LogP contribution in [0.5, 0.6) is 0 Å². The summed E-state index contributed by atoms with van der Waals surface area (Å²) in [5.41, 5.74) is 0. The van der Waals surface area contributed by atoms with E-state index in [9.17, 15) is 4.39 Å². The quantitative estimate of drug-likeness (QED) is 0.568. The highest BCUT2D eigenvalue weighted by molar-refractivity contribution is 4.50. The molecule has 0 aliphatic carbocycles. The molecule has 3 heteroatoms. The van der Waals surface area contributed by atoms with E-state index in [4.69, 9.17) is 4.74 Å². The Kier molecular flexibility index (Phi) is 6.86. The Morgan fingerprint density at radius 1 is 1.60 bits per heavy atom. The van der Waals surface area contributed by atoms with Gasteiger partial charge in [0.25, 0.3) is 0 Å². The summed E-state index contributed by atoms with van der Waals surface area (Å²) >= 11 is 0. The van der Waals surface area contributed by atoms with Gasteiger partial charge in [-0.3, -0.25) is 4.39 Å². The van der Waals surface area contributed by atoms with Crippen molar-refractivity contribution in [3.63, 3.8) is 0 Å². The van der Waals surface area contributed by atoms with Crippen molar-refractivity contribution in [1.29, 1.82) is 0 Å². The highest BCUT2D eigenvalue weighted by Crippen LogP contribution is 1.90. The van der Waals surface area contributed by atoms with Gasteiger partial charge in [0.2, 0.25) is 0 Å². The van der Waals surface area contributed by atoms with E-state index in [1.54, 1.807) is 0 Å². The predicted octanol–water partition coefficient (Wildman–Crippen LogP) is 0.970. The molecule has 0 radical (unpaired) electrons. The molecule has 0 spiro atoms. The van der Waals surface area contributed by atoms with E-state index in [1.807, 2.05) is 14.0 Å². The first-order chi connectivity index (χ1) is 4.81. The van der Waals surface area contributed by atoms with E-state index in [0.717, 1.165) is 6.54 Å². The summed E-state index contributed by atoms with van der Waals surface area (Å²) in [5.74, 6) is 0. The van der Waals surface area contributed by atoms with Crippen molar-refractivity contribution in [3.05, 3.63) is 0 Å². The SMILES string of the molecule is CNCC(C)OCCCF. The number of hydrogen-bond donors (Lipinski definition) is 1. The van der Waals surface area contributed by atoms with Crippen molar-refractivity contribution in [3.8, 4) is 0 Å². The Balaban J connectivity index is 2.97. The molecule has 0 aromatic carbocycles. The molecule has 0 heterocycles. The Labute approximate surface area is 61.8 Å². The van der Waals surface area contributed by atoms with Crippen LogP contribution in [-0.4, -0.2) is 33.0 Å². The molecule has 0 amide bonds. The lowest BCUT2D eigenvalue weighted by atomic mass is 10.4. The molecule has 1 N–H and O–H groups in total. The molecule has 10 heavy (non-hydrogen) atoms. The van der Waals surface area contributed by atoms with Crippen LogP contribution in [0.2, 0.25) is 0 Å². The molecule has 0 bridgehead atoms. The molecule has 0 aromatic rings. The minimum atomic E-state index is -0.285. The van der Waals surface area contributed by atoms with Gasteiger partial charge in [-0.1, -0.05) is 0 Å². The number of ether oxygens (including phenoxy) is 1. The van der Waals surface area contributed by atoms with Crippen LogP contribution < -0.4 is 5.32 Å². The van der Waals surface area contributed by atoms with Crippen LogP contribution in [0, 0.1) is 0 Å². The van der Waals surface area contributed by atoms with E-state index in [0.29, 0.717) is 13.0 Å². The minimum Gasteiger partial charge on any atom is -0.377 e. The van der Waals surface area contributed by atoms with Gasteiger partial charge in [-0.05, 0) is 20.4 Å². The van der Waals surface area contributed by atoms with Gasteiger partial charge in [0.1, 0.15) is 0 Å². The topological polar surface area (TPSA) is 21.3 Å². The molecule has 0 saturated carbocycles. The van der Waals surface area contributed by atoms with Gasteiger partial charge in [-0.15, -0.1) is 0 Å². The second-order valence-electron chi connectivity index (χ2n) is 2.28. The van der Waals surface area contributed by atoms with E-state index >= 15 is 0 Å². The molecule has 0 aromatic heterocycles. The lowest BCUT2D eigenvalue weighted by Gasteiger charge is -2.10. The zero-order valence-electron chi connectivity index (χ0n) is 6.69. The maximum Gasteiger partial charge on any atom is 0.0916 e. The molecule has 0 fully saturated rings. The van der Waals surface area contributed by atoms with Crippen LogP contribution in [0.3, 0.4) is 0 Å². The normalized spacial score (nSPS) is 13.5. The van der Waals surface area contributed by atoms with Crippen LogP contribution in [0.25, 0.3) is 0 Å². The molecule has 0 aliphatic heterocycles. The molecule has 1 unspecified atom stereocenters. The van der Waals surface area contributed by atoms with E-state index in [2.05, 4.69) is 5.32 Å². The largest absolute Gasteiger partial charge is 0.377 e. The zero-order chi connectivity index (χ0) is 7.82. The summed E-state index contributed by atoms with van der Waals surface area (Å²) in [7, 11) is 1.87. The van der Waals surface area contributed by atoms with Crippen LogP contribution in [-0.2, 0) is 4.74 Å². The first-order valence-electron chi connectivity index (χ1n) is 3.63. The summed E-state index contributed by atoms with van der Waals surface area (Å²) < 4.78 is 16.8. The van der Waals surface area contributed by atoms with Crippen molar-refractivity contribution in [2.75, 3.05) is 26.9 Å². The van der Waals surface area contributed by atoms with Crippen molar-refractivity contribution < 1.29 is 9.13 Å². The number of rotatable bonds is 6. The fourth-order valence-electron chi connectivity index (χ4n) is 0.685. The van der Waals surface area contributed by atoms with Crippen molar-refractivity contribution in [2.24, 2.45) is 0 Å². The van der Waals surface area contributed by atoms with Gasteiger partial charge in [-0.25, -0.2) is 0 Å². The van der Waals surface area contributed by atoms with Crippen molar-refractivity contribution >= 4 is 0 Å². The third-order valence-corrected chi connectivity index (χ3v) is 1.17. The Hall–Kier alpha value is -0.150. The molecule has 2 nitrogen and oxygen atoms in total. The summed E-state index contributed by atoms with van der Waals surface area (Å²) in [6, 6.07) is 0. The lowest BCUT2D eigenvalue weighted by Crippen LogP contribution is -2.24. The maximum atomic E-state index is 11.5. The Morgan fingerprint density at radius 2 is 2.30 bits per heavy atom. The second kappa shape index (κ2) is 6.96. The highest BCUT2D eigenvalue weighted by atomic mass is 19.1. The third-order valence-electron chi connectivity index (χ3n) is 1.17. The van der Waals surface area contributed by atoms with Gasteiger partial charge in [-0.2, -0.15) is 0 Å². The number of alkyl halides is 1. The average molecular weight is 149 g/mol. The van der Waals surface area contributed by atoms with Crippen LogP contribution >= 0.6 is 0 Å². The first-order valence-corrected chi connectivity index (χ1v) is 3.63. The average Bonchev–Trinajstić information content (AvgIpc) is 1.89. The molecule has 1 atom stereocenters. The molecule has 0 saturated heterocycles. The Morgan fingerprint density at radius 3 is 2.80 bits per heavy atom. The Bertz CT molecular complexity index is 70.6. The van der Waals surface area contributed by atoms with Gasteiger partial charge in [0.05, 0.1) is 12.8 Å². The van der Waals surface area contributed by atoms with Gasteiger partial charge in [0.15, 0.2) is 0 Å². The summed E-state index contributed by atoms with van der Waals surface area (Å²) in [6.07, 6.45) is 0.699. The van der Waals surface area contributed by atoms with Gasteiger partial charge < -0.3 is 10.1 Å². The maximum absolute atomic E-state index is 11.5. The highest BCUT2D eigenvalue weighted by Gasteiger charge is 1.97. The van der Waals surface area contributed by atoms with Crippen molar-refractivity contribution in [2.45, 2.75) is 19.4 Å². The zero-order valence-corrected chi connectivity index (χ0v) is 6.69. The first kappa shape index (κ1) is 9.85. The van der Waals surface area contributed by atoms with Gasteiger partial charge in [0, 0.05) is 13.2 Å². The second-order valence-corrected chi connectivity index (χ2v) is 2.28. The van der Waals surface area contributed by atoms with E-state index < -0.39 is 0 Å². The van der Waals surface area contributed by atoms with Crippen LogP contribution in [0.4, 0.5) is 4.39 Å². The fraction of sp³-hybridized carbons (Fsp3) is 1.00. The van der Waals surface area contributed by atoms with Crippen molar-refractivity contribution in [1.82, 2.24) is 5.32 Å². The minimum absolute atomic E-state index is 0.191. The molecule has 62 valence electrons. The van der Waals surface area contributed by atoms with E-state index in [1.165, 1.54) is 0 Å². The number of halogens is 1. The van der Waals surface area contributed by atoms with Crippen LogP contribution in [0.15, 0.2) is 0 Å². The fourth-order valence-corrected chi connectivity index (χ4v) is 0.685. The van der Waals surface area contributed by atoms with E-state index in [-0.39, 0.29) is 12.8 Å². The molecule has 0 aliphatic rings.